The Morgan fingerprint density at radius 1 is 1.07 bits per heavy atom. The Bertz CT molecular complexity index is 1600. The Morgan fingerprint density at radius 3 is 2.67 bits per heavy atom. The molecule has 3 aromatic heterocycles. The zero-order valence-corrected chi connectivity index (χ0v) is 23.9. The van der Waals surface area contributed by atoms with Crippen LogP contribution in [0, 0.1) is 5.92 Å². The van der Waals surface area contributed by atoms with E-state index in [-0.39, 0.29) is 23.9 Å². The minimum atomic E-state index is -0.927. The van der Waals surface area contributed by atoms with Gasteiger partial charge in [-0.1, -0.05) is 44.2 Å². The van der Waals surface area contributed by atoms with Gasteiger partial charge in [-0.05, 0) is 42.9 Å². The number of hydrogen-bond acceptors (Lipinski definition) is 8. The van der Waals surface area contributed by atoms with Crippen LogP contribution in [0.2, 0.25) is 0 Å². The second-order valence-corrected chi connectivity index (χ2v) is 10.8. The topological polar surface area (TPSA) is 173 Å². The molecule has 0 spiro atoms. The summed E-state index contributed by atoms with van der Waals surface area (Å²) in [6.07, 6.45) is 5.89. The van der Waals surface area contributed by atoms with Crippen molar-refractivity contribution >= 4 is 29.3 Å². The van der Waals surface area contributed by atoms with Gasteiger partial charge in [0.05, 0.1) is 5.56 Å². The van der Waals surface area contributed by atoms with E-state index in [2.05, 4.69) is 36.3 Å². The molecule has 224 valence electrons. The highest BCUT2D eigenvalue weighted by molar-refractivity contribution is 5.98. The van der Waals surface area contributed by atoms with Gasteiger partial charge in [0.1, 0.15) is 30.7 Å². The van der Waals surface area contributed by atoms with E-state index < -0.39 is 41.8 Å². The second kappa shape index (κ2) is 13.3. The monoisotopic (exact) mass is 586 g/mol. The van der Waals surface area contributed by atoms with Gasteiger partial charge < -0.3 is 25.7 Å². The smallest absolute Gasteiger partial charge is 0.273 e. The van der Waals surface area contributed by atoms with Gasteiger partial charge in [0, 0.05) is 19.2 Å². The molecular formula is C30H34N8O5. The van der Waals surface area contributed by atoms with Crippen molar-refractivity contribution < 1.29 is 23.6 Å². The fourth-order valence-corrected chi connectivity index (χ4v) is 4.88. The van der Waals surface area contributed by atoms with Crippen LogP contribution in [0.4, 0.5) is 0 Å². The molecular weight excluding hydrogens is 552 g/mol. The van der Waals surface area contributed by atoms with Crippen molar-refractivity contribution in [2.75, 3.05) is 6.54 Å². The molecule has 4 N–H and O–H groups in total. The maximum Gasteiger partial charge on any atom is 0.273 e. The maximum atomic E-state index is 13.6. The molecule has 13 nitrogen and oxygen atoms in total. The minimum absolute atomic E-state index is 0.109. The van der Waals surface area contributed by atoms with E-state index in [1.807, 2.05) is 44.2 Å². The highest BCUT2D eigenvalue weighted by Gasteiger charge is 2.32. The SMILES string of the molecule is CC(C)[C@@H]1NC(=O)[C@@H](NC(=O)c2ccc3ncnn3c2)CCCCNC(=O)c2coc(n2)[C@@H](Cc2ccccc2)NC1=O. The van der Waals surface area contributed by atoms with Crippen molar-refractivity contribution in [3.8, 4) is 0 Å². The van der Waals surface area contributed by atoms with Crippen molar-refractivity contribution in [2.45, 2.75) is 57.7 Å². The van der Waals surface area contributed by atoms with Crippen LogP contribution in [0.25, 0.3) is 5.65 Å². The summed E-state index contributed by atoms with van der Waals surface area (Å²) in [6, 6.07) is 10.2. The first-order valence-corrected chi connectivity index (χ1v) is 14.3. The highest BCUT2D eigenvalue weighted by atomic mass is 16.3. The van der Waals surface area contributed by atoms with Crippen LogP contribution in [-0.4, -0.2) is 61.8 Å². The molecule has 0 fully saturated rings. The molecule has 0 radical (unpaired) electrons. The van der Waals surface area contributed by atoms with Gasteiger partial charge in [0.25, 0.3) is 11.8 Å². The number of carbonyl (C=O) groups excluding carboxylic acids is 4. The molecule has 2 bridgehead atoms. The van der Waals surface area contributed by atoms with Gasteiger partial charge in [0.2, 0.25) is 17.7 Å². The summed E-state index contributed by atoms with van der Waals surface area (Å²) in [5.74, 6) is -1.90. The Kier molecular flexibility index (Phi) is 9.08. The summed E-state index contributed by atoms with van der Waals surface area (Å²) in [5, 5.41) is 15.5. The normalized spacial score (nSPS) is 20.3. The second-order valence-electron chi connectivity index (χ2n) is 10.8. The van der Waals surface area contributed by atoms with E-state index in [1.54, 1.807) is 12.1 Å². The number of amides is 4. The molecule has 4 aromatic rings. The van der Waals surface area contributed by atoms with E-state index in [4.69, 9.17) is 4.42 Å². The van der Waals surface area contributed by atoms with Crippen LogP contribution >= 0.6 is 0 Å². The van der Waals surface area contributed by atoms with E-state index in [1.165, 1.54) is 23.3 Å². The molecule has 4 heterocycles. The van der Waals surface area contributed by atoms with Crippen molar-refractivity contribution in [3.05, 3.63) is 84.0 Å². The van der Waals surface area contributed by atoms with Crippen LogP contribution in [-0.2, 0) is 16.0 Å². The van der Waals surface area contributed by atoms with Gasteiger partial charge in [-0.25, -0.2) is 14.5 Å². The molecule has 0 saturated carbocycles. The number of rotatable bonds is 5. The Morgan fingerprint density at radius 2 is 1.88 bits per heavy atom. The molecule has 0 aliphatic carbocycles. The third-order valence-corrected chi connectivity index (χ3v) is 7.26. The summed E-state index contributed by atoms with van der Waals surface area (Å²) < 4.78 is 7.12. The summed E-state index contributed by atoms with van der Waals surface area (Å²) >= 11 is 0. The van der Waals surface area contributed by atoms with Gasteiger partial charge in [-0.2, -0.15) is 5.10 Å². The molecule has 1 aliphatic rings. The summed E-state index contributed by atoms with van der Waals surface area (Å²) in [7, 11) is 0. The molecule has 1 aliphatic heterocycles. The lowest BCUT2D eigenvalue weighted by molar-refractivity contribution is -0.131. The fourth-order valence-electron chi connectivity index (χ4n) is 4.88. The number of hydrogen-bond donors (Lipinski definition) is 4. The van der Waals surface area contributed by atoms with Crippen LogP contribution < -0.4 is 21.3 Å². The third kappa shape index (κ3) is 7.23. The predicted octanol–water partition coefficient (Wildman–Crippen LogP) is 1.97. The van der Waals surface area contributed by atoms with Crippen molar-refractivity contribution in [1.82, 2.24) is 40.8 Å². The first kappa shape index (κ1) is 29.4. The standard InChI is InChI=1S/C30H34N8O5/c1-18(2)25-29(42)35-22(14-19-8-4-3-5-9-19)30-36-23(16-43-30)27(40)31-13-7-6-10-21(28(41)37-25)34-26(39)20-11-12-24-32-17-33-38(24)15-20/h3-5,8-9,11-12,15-18,21-22,25H,6-7,10,13-14H2,1-2H3,(H,31,40)(H,34,39)(H,35,42)(H,37,41)/t21-,22+,25-/m0/s1. The quantitative estimate of drug-likeness (QED) is 0.275. The summed E-state index contributed by atoms with van der Waals surface area (Å²) in [6.45, 7) is 3.98. The van der Waals surface area contributed by atoms with Crippen molar-refractivity contribution in [2.24, 2.45) is 5.92 Å². The lowest BCUT2D eigenvalue weighted by atomic mass is 10.00. The average Bonchev–Trinajstić information content (AvgIpc) is 3.68. The number of fused-ring (bicyclic) bond motifs is 3. The lowest BCUT2D eigenvalue weighted by Crippen LogP contribution is -2.56. The molecule has 43 heavy (non-hydrogen) atoms. The molecule has 4 amide bonds. The van der Waals surface area contributed by atoms with E-state index in [0.717, 1.165) is 5.56 Å². The predicted molar refractivity (Wildman–Crippen MR) is 155 cm³/mol. The minimum Gasteiger partial charge on any atom is -0.446 e. The largest absolute Gasteiger partial charge is 0.446 e. The van der Waals surface area contributed by atoms with Gasteiger partial charge in [-0.15, -0.1) is 0 Å². The van der Waals surface area contributed by atoms with Gasteiger partial charge in [0.15, 0.2) is 11.3 Å². The van der Waals surface area contributed by atoms with E-state index in [0.29, 0.717) is 37.0 Å². The molecule has 3 atom stereocenters. The molecule has 1 aromatic carbocycles. The van der Waals surface area contributed by atoms with Gasteiger partial charge in [-0.3, -0.25) is 19.2 Å². The zero-order chi connectivity index (χ0) is 30.3. The van der Waals surface area contributed by atoms with Crippen LogP contribution in [0.5, 0.6) is 0 Å². The van der Waals surface area contributed by atoms with E-state index >= 15 is 0 Å². The number of pyridine rings is 1. The Balaban J connectivity index is 1.39. The van der Waals surface area contributed by atoms with Gasteiger partial charge >= 0.3 is 0 Å². The first-order chi connectivity index (χ1) is 20.8. The Hall–Kier alpha value is -5.07. The zero-order valence-electron chi connectivity index (χ0n) is 23.9. The lowest BCUT2D eigenvalue weighted by Gasteiger charge is -2.27. The van der Waals surface area contributed by atoms with Crippen LogP contribution in [0.3, 0.4) is 0 Å². The van der Waals surface area contributed by atoms with E-state index in [9.17, 15) is 19.2 Å². The summed E-state index contributed by atoms with van der Waals surface area (Å²) in [5.41, 5.74) is 1.91. The maximum absolute atomic E-state index is 13.6. The number of oxazole rings is 1. The number of nitrogens with zero attached hydrogens (tertiary/aromatic N) is 4. The van der Waals surface area contributed by atoms with Crippen molar-refractivity contribution in [1.29, 1.82) is 0 Å². The number of benzene rings is 1. The molecule has 0 saturated heterocycles. The third-order valence-electron chi connectivity index (χ3n) is 7.26. The molecule has 0 unspecified atom stereocenters. The van der Waals surface area contributed by atoms with Crippen molar-refractivity contribution in [3.63, 3.8) is 0 Å². The van der Waals surface area contributed by atoms with Crippen LogP contribution in [0.15, 0.2) is 65.7 Å². The highest BCUT2D eigenvalue weighted by Crippen LogP contribution is 2.20. The average molecular weight is 587 g/mol. The molecule has 13 heteroatoms. The first-order valence-electron chi connectivity index (χ1n) is 14.3. The van der Waals surface area contributed by atoms with Crippen LogP contribution in [0.1, 0.15) is 71.5 Å². The fraction of sp³-hybridized carbons (Fsp3) is 0.367. The summed E-state index contributed by atoms with van der Waals surface area (Å²) in [4.78, 5) is 61.6. The molecule has 5 rings (SSSR count). The number of carbonyl (C=O) groups is 4. The number of nitrogens with one attached hydrogen (secondary N) is 4. The number of aromatic nitrogens is 4. The Labute approximate surface area is 247 Å².